The van der Waals surface area contributed by atoms with Gasteiger partial charge in [0.05, 0.1) is 25.9 Å². The summed E-state index contributed by atoms with van der Waals surface area (Å²) in [5, 5.41) is 18.6. The number of aliphatic hydroxyl groups excluding tert-OH is 2. The molecule has 0 bridgehead atoms. The Morgan fingerprint density at radius 1 is 1.07 bits per heavy atom. The average molecular weight is 436 g/mol. The number of aliphatic hydroxyl groups is 2. The number of hydrogen-bond donors (Lipinski definition) is 4. The monoisotopic (exact) mass is 436 g/mol. The highest BCUT2D eigenvalue weighted by atomic mass is 31.2. The Morgan fingerprint density at radius 2 is 1.74 bits per heavy atom. The van der Waals surface area contributed by atoms with E-state index in [4.69, 9.17) is 27.9 Å². The van der Waals surface area contributed by atoms with Gasteiger partial charge in [0, 0.05) is 6.61 Å². The summed E-state index contributed by atoms with van der Waals surface area (Å²) in [7, 11) is -8.79. The van der Waals surface area contributed by atoms with Crippen LogP contribution in [0.15, 0.2) is 0 Å². The lowest BCUT2D eigenvalue weighted by atomic mass is 10.2. The van der Waals surface area contributed by atoms with Gasteiger partial charge >= 0.3 is 15.6 Å². The van der Waals surface area contributed by atoms with E-state index in [0.717, 1.165) is 6.42 Å². The summed E-state index contributed by atoms with van der Waals surface area (Å²) in [6.07, 6.45) is -1.46. The summed E-state index contributed by atoms with van der Waals surface area (Å²) >= 11 is 0. The highest BCUT2D eigenvalue weighted by Crippen LogP contribution is 2.48. The molecule has 1 fully saturated rings. The van der Waals surface area contributed by atoms with Crippen molar-refractivity contribution in [1.82, 2.24) is 0 Å². The van der Waals surface area contributed by atoms with Gasteiger partial charge in [-0.05, 0) is 26.7 Å². The lowest BCUT2D eigenvalue weighted by Gasteiger charge is -2.24. The molecule has 1 rings (SSSR count). The van der Waals surface area contributed by atoms with Crippen LogP contribution in [0.2, 0.25) is 0 Å². The van der Waals surface area contributed by atoms with Crippen LogP contribution in [0.1, 0.15) is 39.5 Å². The molecule has 0 amide bonds. The van der Waals surface area contributed by atoms with Gasteiger partial charge in [-0.3, -0.25) is 18.1 Å². The number of phosphoric ester groups is 2. The number of unbranched alkanes of at least 4 members (excludes halogenated alkanes) is 3. The highest BCUT2D eigenvalue weighted by molar-refractivity contribution is 7.47. The molecule has 0 spiro atoms. The summed E-state index contributed by atoms with van der Waals surface area (Å²) in [6, 6.07) is 0. The van der Waals surface area contributed by atoms with E-state index in [1.54, 1.807) is 13.8 Å². The van der Waals surface area contributed by atoms with Crippen molar-refractivity contribution >= 4 is 15.6 Å². The Bertz CT molecular complexity index is 515. The van der Waals surface area contributed by atoms with Crippen molar-refractivity contribution in [2.24, 2.45) is 0 Å². The molecule has 2 unspecified atom stereocenters. The fourth-order valence-electron chi connectivity index (χ4n) is 2.34. The van der Waals surface area contributed by atoms with Crippen LogP contribution in [-0.4, -0.2) is 70.8 Å². The van der Waals surface area contributed by atoms with Gasteiger partial charge in [-0.25, -0.2) is 9.13 Å². The number of ether oxygens (including phenoxy) is 1. The van der Waals surface area contributed by atoms with Gasteiger partial charge < -0.3 is 24.7 Å². The SMILES string of the molecule is CC(C)OP(=O)(O)OC[C@H]1OC[C@H](O)[C@@H]1OP(=O)(O)OCCCCCCO. The van der Waals surface area contributed by atoms with Crippen molar-refractivity contribution in [1.29, 1.82) is 0 Å². The lowest BCUT2D eigenvalue weighted by molar-refractivity contribution is -0.0143. The van der Waals surface area contributed by atoms with Gasteiger partial charge in [-0.2, -0.15) is 0 Å². The van der Waals surface area contributed by atoms with E-state index in [1.165, 1.54) is 0 Å². The molecule has 1 aliphatic heterocycles. The molecule has 1 heterocycles. The average Bonchev–Trinajstić information content (AvgIpc) is 2.87. The smallest absolute Gasteiger partial charge is 0.396 e. The molecule has 5 atom stereocenters. The van der Waals surface area contributed by atoms with Gasteiger partial charge in [-0.15, -0.1) is 0 Å². The highest BCUT2D eigenvalue weighted by Gasteiger charge is 2.43. The van der Waals surface area contributed by atoms with Crippen LogP contribution in [-0.2, 0) is 32.0 Å². The van der Waals surface area contributed by atoms with Gasteiger partial charge in [0.25, 0.3) is 0 Å². The van der Waals surface area contributed by atoms with Crippen LogP contribution in [0.5, 0.6) is 0 Å². The Kier molecular flexibility index (Phi) is 11.1. The number of phosphoric acid groups is 2. The summed E-state index contributed by atoms with van der Waals surface area (Å²) in [5.74, 6) is 0. The first-order valence-corrected chi connectivity index (χ1v) is 11.8. The van der Waals surface area contributed by atoms with E-state index in [1.807, 2.05) is 0 Å². The second-order valence-corrected chi connectivity index (χ2v) is 9.18. The third-order valence-electron chi connectivity index (χ3n) is 3.53. The molecule has 13 heteroatoms. The summed E-state index contributed by atoms with van der Waals surface area (Å²) in [6.45, 7) is 2.49. The van der Waals surface area contributed by atoms with Crippen LogP contribution in [0.4, 0.5) is 0 Å². The van der Waals surface area contributed by atoms with Gasteiger partial charge in [0.1, 0.15) is 18.3 Å². The fourth-order valence-corrected chi connectivity index (χ4v) is 4.27. The lowest BCUT2D eigenvalue weighted by Crippen LogP contribution is -2.35. The van der Waals surface area contributed by atoms with Crippen molar-refractivity contribution in [2.45, 2.75) is 63.9 Å². The Morgan fingerprint density at radius 3 is 2.37 bits per heavy atom. The molecule has 0 aliphatic carbocycles. The predicted octanol–water partition coefficient (Wildman–Crippen LogP) is 1.34. The molecule has 0 radical (unpaired) electrons. The molecule has 162 valence electrons. The van der Waals surface area contributed by atoms with Crippen molar-refractivity contribution in [2.75, 3.05) is 26.4 Å². The van der Waals surface area contributed by atoms with Crippen LogP contribution >= 0.6 is 15.6 Å². The van der Waals surface area contributed by atoms with E-state index in [-0.39, 0.29) is 19.8 Å². The van der Waals surface area contributed by atoms with E-state index >= 15 is 0 Å². The maximum Gasteiger partial charge on any atom is 0.472 e. The minimum Gasteiger partial charge on any atom is -0.396 e. The zero-order valence-electron chi connectivity index (χ0n) is 15.5. The molecule has 0 aromatic rings. The maximum absolute atomic E-state index is 12.0. The predicted molar refractivity (Wildman–Crippen MR) is 93.9 cm³/mol. The largest absolute Gasteiger partial charge is 0.472 e. The zero-order valence-corrected chi connectivity index (χ0v) is 17.3. The fraction of sp³-hybridized carbons (Fsp3) is 1.00. The quantitative estimate of drug-likeness (QED) is 0.230. The topological polar surface area (TPSA) is 161 Å². The van der Waals surface area contributed by atoms with E-state index in [0.29, 0.717) is 19.3 Å². The standard InChI is InChI=1S/C14H30O11P2/c1-11(2)24-27(19,20)23-10-13-14(12(16)9-21-13)25-26(17,18)22-8-6-4-3-5-7-15/h11-16H,3-10H2,1-2H3,(H,17,18)(H,19,20)/t12-,13+,14-/m0/s1. The third kappa shape index (κ3) is 10.4. The van der Waals surface area contributed by atoms with Crippen molar-refractivity contribution in [3.8, 4) is 0 Å². The van der Waals surface area contributed by atoms with Crippen LogP contribution < -0.4 is 0 Å². The van der Waals surface area contributed by atoms with E-state index in [9.17, 15) is 24.0 Å². The molecular weight excluding hydrogens is 406 g/mol. The van der Waals surface area contributed by atoms with E-state index < -0.39 is 46.7 Å². The molecule has 4 N–H and O–H groups in total. The first-order valence-electron chi connectivity index (χ1n) is 8.78. The second-order valence-electron chi connectivity index (χ2n) is 6.37. The minimum atomic E-state index is -4.47. The van der Waals surface area contributed by atoms with E-state index in [2.05, 4.69) is 0 Å². The number of hydrogen-bond acceptors (Lipinski definition) is 9. The first kappa shape index (κ1) is 25.1. The Balaban J connectivity index is 2.47. The van der Waals surface area contributed by atoms with Crippen molar-refractivity contribution in [3.05, 3.63) is 0 Å². The molecule has 1 aliphatic rings. The molecule has 11 nitrogen and oxygen atoms in total. The summed E-state index contributed by atoms with van der Waals surface area (Å²) in [5.41, 5.74) is 0. The van der Waals surface area contributed by atoms with Gasteiger partial charge in [0.2, 0.25) is 0 Å². The molecule has 27 heavy (non-hydrogen) atoms. The normalized spacial score (nSPS) is 27.6. The molecule has 0 saturated carbocycles. The Labute approximate surface area is 158 Å². The van der Waals surface area contributed by atoms with Gasteiger partial charge in [0.15, 0.2) is 0 Å². The molecular formula is C14H30O11P2. The summed E-state index contributed by atoms with van der Waals surface area (Å²) in [4.78, 5) is 19.3. The summed E-state index contributed by atoms with van der Waals surface area (Å²) < 4.78 is 48.3. The van der Waals surface area contributed by atoms with Crippen LogP contribution in [0.25, 0.3) is 0 Å². The molecule has 1 saturated heterocycles. The molecule has 0 aromatic carbocycles. The van der Waals surface area contributed by atoms with Gasteiger partial charge in [-0.1, -0.05) is 12.8 Å². The number of rotatable bonds is 14. The second kappa shape index (κ2) is 11.9. The molecule has 0 aromatic heterocycles. The van der Waals surface area contributed by atoms with Crippen molar-refractivity contribution < 1.29 is 52.0 Å². The zero-order chi connectivity index (χ0) is 20.5. The Hall–Kier alpha value is 0.1000. The van der Waals surface area contributed by atoms with Crippen LogP contribution in [0.3, 0.4) is 0 Å². The minimum absolute atomic E-state index is 0.0296. The van der Waals surface area contributed by atoms with Crippen LogP contribution in [0, 0.1) is 0 Å². The van der Waals surface area contributed by atoms with Crippen molar-refractivity contribution in [3.63, 3.8) is 0 Å². The first-order chi connectivity index (χ1) is 12.6. The third-order valence-corrected chi connectivity index (χ3v) is 5.72. The maximum atomic E-state index is 12.0.